The zero-order valence-corrected chi connectivity index (χ0v) is 15.7. The topological polar surface area (TPSA) is 44.8 Å². The molecule has 2 aliphatic rings. The Morgan fingerprint density at radius 2 is 1.96 bits per heavy atom. The van der Waals surface area contributed by atoms with E-state index >= 15 is 0 Å². The van der Waals surface area contributed by atoms with Crippen LogP contribution in [-0.4, -0.2) is 50.2 Å². The number of nitrogens with zero attached hydrogens (tertiary/aromatic N) is 2. The van der Waals surface area contributed by atoms with Crippen LogP contribution in [0.1, 0.15) is 23.8 Å². The van der Waals surface area contributed by atoms with Crippen molar-refractivity contribution in [2.45, 2.75) is 18.9 Å². The number of rotatable bonds is 5. The number of thiophene rings is 1. The van der Waals surface area contributed by atoms with Crippen LogP contribution in [0.4, 0.5) is 11.4 Å². The van der Waals surface area contributed by atoms with E-state index in [0.29, 0.717) is 12.6 Å². The number of ether oxygens (including phenoxy) is 1. The summed E-state index contributed by atoms with van der Waals surface area (Å²) in [5.41, 5.74) is 2.04. The van der Waals surface area contributed by atoms with Crippen molar-refractivity contribution in [2.75, 3.05) is 49.6 Å². The molecule has 1 amide bonds. The first-order valence-electron chi connectivity index (χ1n) is 9.30. The van der Waals surface area contributed by atoms with Gasteiger partial charge in [-0.3, -0.25) is 9.69 Å². The summed E-state index contributed by atoms with van der Waals surface area (Å²) in [4.78, 5) is 18.5. The normalized spacial score (nSPS) is 21.1. The average Bonchev–Trinajstić information content (AvgIpc) is 3.34. The molecule has 2 aromatic rings. The number of carbonyl (C=O) groups is 1. The molecule has 2 saturated heterocycles. The van der Waals surface area contributed by atoms with Gasteiger partial charge >= 0.3 is 0 Å². The van der Waals surface area contributed by atoms with E-state index in [2.05, 4.69) is 44.8 Å². The highest BCUT2D eigenvalue weighted by Gasteiger charge is 2.28. The van der Waals surface area contributed by atoms with E-state index in [0.717, 1.165) is 51.4 Å². The highest BCUT2D eigenvalue weighted by atomic mass is 32.1. The van der Waals surface area contributed by atoms with Gasteiger partial charge in [-0.2, -0.15) is 0 Å². The van der Waals surface area contributed by atoms with Gasteiger partial charge in [-0.1, -0.05) is 6.07 Å². The predicted octanol–water partition coefficient (Wildman–Crippen LogP) is 3.36. The van der Waals surface area contributed by atoms with Crippen molar-refractivity contribution in [3.63, 3.8) is 0 Å². The molecule has 3 heterocycles. The lowest BCUT2D eigenvalue weighted by atomic mass is 10.2. The Labute approximate surface area is 158 Å². The van der Waals surface area contributed by atoms with Crippen molar-refractivity contribution >= 4 is 28.6 Å². The van der Waals surface area contributed by atoms with E-state index < -0.39 is 0 Å². The monoisotopic (exact) mass is 371 g/mol. The van der Waals surface area contributed by atoms with Crippen LogP contribution in [-0.2, 0) is 9.53 Å². The molecule has 0 spiro atoms. The molecule has 1 aromatic carbocycles. The Balaban J connectivity index is 1.33. The summed E-state index contributed by atoms with van der Waals surface area (Å²) in [7, 11) is 0. The van der Waals surface area contributed by atoms with Crippen molar-refractivity contribution in [3.8, 4) is 0 Å². The van der Waals surface area contributed by atoms with Crippen molar-refractivity contribution in [1.29, 1.82) is 0 Å². The third-order valence-corrected chi connectivity index (χ3v) is 6.08. The van der Waals surface area contributed by atoms with Crippen molar-refractivity contribution < 1.29 is 9.53 Å². The van der Waals surface area contributed by atoms with Gasteiger partial charge in [0, 0.05) is 35.4 Å². The fraction of sp³-hybridized carbons (Fsp3) is 0.450. The Morgan fingerprint density at radius 3 is 2.69 bits per heavy atom. The molecular weight excluding hydrogens is 346 g/mol. The summed E-state index contributed by atoms with van der Waals surface area (Å²) in [6.45, 7) is 4.84. The number of likely N-dealkylation sites (tertiary alicyclic amines) is 1. The van der Waals surface area contributed by atoms with Crippen LogP contribution in [0.15, 0.2) is 41.8 Å². The summed E-state index contributed by atoms with van der Waals surface area (Å²) in [6.07, 6.45) is 2.30. The number of benzene rings is 1. The second-order valence-corrected chi connectivity index (χ2v) is 7.82. The lowest BCUT2D eigenvalue weighted by Gasteiger charge is -2.29. The first-order chi connectivity index (χ1) is 12.8. The number of hydrogen-bond donors (Lipinski definition) is 1. The molecule has 0 saturated carbocycles. The van der Waals surface area contributed by atoms with Crippen LogP contribution < -0.4 is 10.2 Å². The van der Waals surface area contributed by atoms with E-state index in [1.54, 1.807) is 11.3 Å². The van der Waals surface area contributed by atoms with Gasteiger partial charge in [-0.15, -0.1) is 11.3 Å². The van der Waals surface area contributed by atoms with Crippen LogP contribution in [0.3, 0.4) is 0 Å². The van der Waals surface area contributed by atoms with Gasteiger partial charge in [-0.05, 0) is 55.1 Å². The quantitative estimate of drug-likeness (QED) is 0.875. The molecule has 1 N–H and O–H groups in total. The van der Waals surface area contributed by atoms with Crippen LogP contribution in [0.5, 0.6) is 0 Å². The molecule has 0 bridgehead atoms. The van der Waals surface area contributed by atoms with E-state index in [4.69, 9.17) is 4.74 Å². The zero-order valence-electron chi connectivity index (χ0n) is 14.9. The minimum atomic E-state index is 0.0626. The molecule has 138 valence electrons. The van der Waals surface area contributed by atoms with Gasteiger partial charge < -0.3 is 15.0 Å². The number of nitrogens with one attached hydrogen (secondary N) is 1. The molecule has 26 heavy (non-hydrogen) atoms. The van der Waals surface area contributed by atoms with Gasteiger partial charge in [0.1, 0.15) is 0 Å². The Bertz CT molecular complexity index is 711. The van der Waals surface area contributed by atoms with Crippen LogP contribution in [0.2, 0.25) is 0 Å². The molecular formula is C20H25N3O2S. The molecule has 0 aliphatic carbocycles. The maximum Gasteiger partial charge on any atom is 0.238 e. The second kappa shape index (κ2) is 8.20. The summed E-state index contributed by atoms with van der Waals surface area (Å²) < 4.78 is 5.39. The molecule has 5 nitrogen and oxygen atoms in total. The van der Waals surface area contributed by atoms with E-state index in [1.165, 1.54) is 10.6 Å². The Morgan fingerprint density at radius 1 is 1.15 bits per heavy atom. The number of carbonyl (C=O) groups excluding carboxylic acids is 1. The highest BCUT2D eigenvalue weighted by molar-refractivity contribution is 7.10. The lowest BCUT2D eigenvalue weighted by molar-refractivity contribution is -0.117. The number of hydrogen-bond acceptors (Lipinski definition) is 5. The van der Waals surface area contributed by atoms with Crippen molar-refractivity contribution in [1.82, 2.24) is 4.90 Å². The first-order valence-corrected chi connectivity index (χ1v) is 10.2. The van der Waals surface area contributed by atoms with Crippen LogP contribution >= 0.6 is 11.3 Å². The molecule has 2 aliphatic heterocycles. The smallest absolute Gasteiger partial charge is 0.238 e. The summed E-state index contributed by atoms with van der Waals surface area (Å²) >= 11 is 1.78. The summed E-state index contributed by atoms with van der Waals surface area (Å²) in [5, 5.41) is 5.16. The van der Waals surface area contributed by atoms with Crippen LogP contribution in [0.25, 0.3) is 0 Å². The van der Waals surface area contributed by atoms with Crippen molar-refractivity contribution in [3.05, 3.63) is 46.7 Å². The molecule has 6 heteroatoms. The molecule has 0 radical (unpaired) electrons. The number of morpholine rings is 1. The number of anilines is 2. The largest absolute Gasteiger partial charge is 0.378 e. The molecule has 1 unspecified atom stereocenters. The van der Waals surface area contributed by atoms with Gasteiger partial charge in [-0.25, -0.2) is 0 Å². The molecule has 1 atom stereocenters. The zero-order chi connectivity index (χ0) is 17.8. The van der Waals surface area contributed by atoms with Crippen molar-refractivity contribution in [2.24, 2.45) is 0 Å². The predicted molar refractivity (Wildman–Crippen MR) is 106 cm³/mol. The molecule has 1 aromatic heterocycles. The van der Waals surface area contributed by atoms with Crippen LogP contribution in [0, 0.1) is 0 Å². The van der Waals surface area contributed by atoms with Gasteiger partial charge in [0.25, 0.3) is 0 Å². The van der Waals surface area contributed by atoms with E-state index in [-0.39, 0.29) is 5.91 Å². The molecule has 4 rings (SSSR count). The average molecular weight is 372 g/mol. The Hall–Kier alpha value is -1.89. The third kappa shape index (κ3) is 4.09. The SMILES string of the molecule is O=C(CN1CCCC1c1cccs1)Nc1ccc(N2CCOCC2)cc1. The standard InChI is InChI=1S/C20H25N3O2S/c24-20(15-23-9-1-3-18(23)19-4-2-14-26-19)21-16-5-7-17(8-6-16)22-10-12-25-13-11-22/h2,4-8,14,18H,1,3,9-13,15H2,(H,21,24). The molecule has 2 fully saturated rings. The fourth-order valence-corrected chi connectivity index (χ4v) is 4.68. The van der Waals surface area contributed by atoms with E-state index in [1.807, 2.05) is 12.1 Å². The van der Waals surface area contributed by atoms with E-state index in [9.17, 15) is 4.79 Å². The Kier molecular flexibility index (Phi) is 5.53. The van der Waals surface area contributed by atoms with Gasteiger partial charge in [0.05, 0.1) is 19.8 Å². The highest BCUT2D eigenvalue weighted by Crippen LogP contribution is 2.34. The lowest BCUT2D eigenvalue weighted by Crippen LogP contribution is -2.36. The number of amides is 1. The third-order valence-electron chi connectivity index (χ3n) is 5.11. The maximum absolute atomic E-state index is 12.5. The minimum absolute atomic E-state index is 0.0626. The van der Waals surface area contributed by atoms with Gasteiger partial charge in [0.15, 0.2) is 0 Å². The first kappa shape index (κ1) is 17.5. The second-order valence-electron chi connectivity index (χ2n) is 6.84. The fourth-order valence-electron chi connectivity index (χ4n) is 3.78. The minimum Gasteiger partial charge on any atom is -0.378 e. The summed E-state index contributed by atoms with van der Waals surface area (Å²) in [5.74, 6) is 0.0626. The van der Waals surface area contributed by atoms with Gasteiger partial charge in [0.2, 0.25) is 5.91 Å². The summed E-state index contributed by atoms with van der Waals surface area (Å²) in [6, 6.07) is 12.8. The maximum atomic E-state index is 12.5.